The van der Waals surface area contributed by atoms with E-state index >= 15 is 0 Å². The molecule has 0 amide bonds. The largest absolute Gasteiger partial charge is 2.00 e. The van der Waals surface area contributed by atoms with Gasteiger partial charge in [-0.3, -0.25) is 17.6 Å². The fourth-order valence-electron chi connectivity index (χ4n) is 1.40. The van der Waals surface area contributed by atoms with Crippen LogP contribution in [0.25, 0.3) is 0 Å². The summed E-state index contributed by atoms with van der Waals surface area (Å²) in [6, 6.07) is 2.05. The molecule has 0 heterocycles. The molecule has 0 aliphatic heterocycles. The second kappa shape index (κ2) is 19.6. The van der Waals surface area contributed by atoms with E-state index in [1.165, 1.54) is 0 Å². The molecule has 0 bridgehead atoms. The Morgan fingerprint density at radius 1 is 0.424 bits per heavy atom. The van der Waals surface area contributed by atoms with Crippen LogP contribution < -0.4 is 0 Å². The molecule has 0 N–H and O–H groups in total. The van der Waals surface area contributed by atoms with Gasteiger partial charge in [-0.1, -0.05) is 0 Å². The Kier molecular flexibility index (Phi) is 21.2. The van der Waals surface area contributed by atoms with Gasteiger partial charge in [0.25, 0.3) is 0 Å². The molecule has 13 heteroatoms. The van der Waals surface area contributed by atoms with Gasteiger partial charge in [0.15, 0.2) is 0 Å². The van der Waals surface area contributed by atoms with Crippen LogP contribution in [0, 0.1) is 70.3 Å². The Morgan fingerprint density at radius 3 is 0.727 bits per heavy atom. The van der Waals surface area contributed by atoms with Gasteiger partial charge in [0, 0.05) is 26.4 Å². The first-order valence-electron chi connectivity index (χ1n) is 8.87. The topological polar surface area (TPSA) is 18.5 Å². The predicted molar refractivity (Wildman–Crippen MR) is 94.5 cm³/mol. The Labute approximate surface area is 194 Å². The Hall–Kier alpha value is -1.85. The molecule has 2 aromatic rings. The molecule has 0 unspecified atom stereocenters. The van der Waals surface area contributed by atoms with Gasteiger partial charge in [0.1, 0.15) is 0 Å². The van der Waals surface area contributed by atoms with E-state index in [2.05, 4.69) is 0 Å². The van der Waals surface area contributed by atoms with E-state index in [4.69, 9.17) is 9.47 Å². The SMILES string of the molecule is CCOCC.CCOCC.Fc1[c-]c(F)c(F)c(F)c1F.Fc1[c-]c(F)c(F)c(F)c1F.[Ni+2]. The van der Waals surface area contributed by atoms with Crippen molar-refractivity contribution < 1.29 is 69.9 Å². The van der Waals surface area contributed by atoms with E-state index in [1.807, 2.05) is 27.7 Å². The zero-order chi connectivity index (χ0) is 25.4. The molecule has 0 saturated carbocycles. The van der Waals surface area contributed by atoms with E-state index in [9.17, 15) is 43.9 Å². The van der Waals surface area contributed by atoms with Crippen LogP contribution in [0.15, 0.2) is 0 Å². The molecule has 0 radical (unpaired) electrons. The maximum Gasteiger partial charge on any atom is 2.00 e. The number of benzene rings is 2. The second-order valence-corrected chi connectivity index (χ2v) is 4.95. The van der Waals surface area contributed by atoms with Crippen molar-refractivity contribution in [2.75, 3.05) is 26.4 Å². The summed E-state index contributed by atoms with van der Waals surface area (Å²) in [5.41, 5.74) is 0. The van der Waals surface area contributed by atoms with Gasteiger partial charge >= 0.3 is 16.5 Å². The fourth-order valence-corrected chi connectivity index (χ4v) is 1.40. The number of hydrogen-bond acceptors (Lipinski definition) is 2. The van der Waals surface area contributed by atoms with Crippen molar-refractivity contribution in [2.24, 2.45) is 0 Å². The van der Waals surface area contributed by atoms with Gasteiger partial charge in [-0.25, -0.2) is 26.3 Å². The van der Waals surface area contributed by atoms with Crippen molar-refractivity contribution in [3.63, 3.8) is 0 Å². The van der Waals surface area contributed by atoms with E-state index in [0.717, 1.165) is 38.6 Å². The molecule has 2 nitrogen and oxygen atoms in total. The van der Waals surface area contributed by atoms with Gasteiger partial charge in [-0.2, -0.15) is 0 Å². The molecule has 0 atom stereocenters. The fraction of sp³-hybridized carbons (Fsp3) is 0.400. The maximum absolute atomic E-state index is 12.0. The third-order valence-corrected chi connectivity index (χ3v) is 2.80. The number of halogens is 10. The molecule has 0 aliphatic rings. The van der Waals surface area contributed by atoms with Crippen molar-refractivity contribution in [1.29, 1.82) is 0 Å². The molecule has 0 aromatic heterocycles. The standard InChI is InChI=1S/2C6F5.2C4H10O.Ni/c2*7-2-1-3(8)5(10)6(11)4(2)9;2*1-3-5-4-2;/h;;2*3-4H2,1-2H3;/q2*-1;;;+2. The monoisotopic (exact) mass is 540 g/mol. The summed E-state index contributed by atoms with van der Waals surface area (Å²) < 4.78 is 129. The first kappa shape index (κ1) is 35.7. The Morgan fingerprint density at radius 2 is 0.606 bits per heavy atom. The molecule has 2 rings (SSSR count). The van der Waals surface area contributed by atoms with E-state index in [0.29, 0.717) is 0 Å². The van der Waals surface area contributed by atoms with E-state index in [-0.39, 0.29) is 16.5 Å². The van der Waals surface area contributed by atoms with Gasteiger partial charge < -0.3 is 9.47 Å². The van der Waals surface area contributed by atoms with Crippen LogP contribution in [0.2, 0.25) is 0 Å². The normalized spacial score (nSPS) is 9.39. The number of hydrogen-bond donors (Lipinski definition) is 0. The molecule has 0 fully saturated rings. The molecule has 2 aromatic carbocycles. The molecule has 0 aliphatic carbocycles. The first-order valence-corrected chi connectivity index (χ1v) is 8.87. The van der Waals surface area contributed by atoms with Crippen LogP contribution in [-0.2, 0) is 26.0 Å². The number of rotatable bonds is 4. The molecule has 0 spiro atoms. The summed E-state index contributed by atoms with van der Waals surface area (Å²) in [6.07, 6.45) is 0. The van der Waals surface area contributed by atoms with E-state index < -0.39 is 58.2 Å². The summed E-state index contributed by atoms with van der Waals surface area (Å²) in [5.74, 6) is -20.1. The minimum atomic E-state index is -2.17. The van der Waals surface area contributed by atoms with Gasteiger partial charge in [-0.05, 0) is 27.7 Å². The zero-order valence-corrected chi connectivity index (χ0v) is 18.7. The van der Waals surface area contributed by atoms with Crippen molar-refractivity contribution in [3.05, 3.63) is 70.3 Å². The van der Waals surface area contributed by atoms with Crippen LogP contribution in [0.5, 0.6) is 0 Å². The second-order valence-electron chi connectivity index (χ2n) is 4.95. The van der Waals surface area contributed by atoms with Crippen LogP contribution in [-0.4, -0.2) is 26.4 Å². The Balaban J connectivity index is -0.000000386. The number of ether oxygens (including phenoxy) is 2. The maximum atomic E-state index is 12.0. The van der Waals surface area contributed by atoms with Crippen LogP contribution in [0.1, 0.15) is 27.7 Å². The average Bonchev–Trinajstić information content (AvgIpc) is 2.76. The van der Waals surface area contributed by atoms with Crippen molar-refractivity contribution >= 4 is 0 Å². The molecular weight excluding hydrogens is 521 g/mol. The summed E-state index contributed by atoms with van der Waals surface area (Å²) in [7, 11) is 0. The van der Waals surface area contributed by atoms with Crippen LogP contribution in [0.3, 0.4) is 0 Å². The van der Waals surface area contributed by atoms with Crippen molar-refractivity contribution in [3.8, 4) is 0 Å². The van der Waals surface area contributed by atoms with E-state index in [1.54, 1.807) is 0 Å². The minimum absolute atomic E-state index is 0. The van der Waals surface area contributed by atoms with Gasteiger partial charge in [-0.15, -0.1) is 12.1 Å². The molecule has 192 valence electrons. The average molecular weight is 541 g/mol. The summed E-state index contributed by atoms with van der Waals surface area (Å²) in [6.45, 7) is 11.3. The summed E-state index contributed by atoms with van der Waals surface area (Å²) >= 11 is 0. The molecular formula is C20H20F10NiO2. The van der Waals surface area contributed by atoms with Crippen LogP contribution >= 0.6 is 0 Å². The Bertz CT molecular complexity index is 698. The third kappa shape index (κ3) is 13.5. The smallest absolute Gasteiger partial charge is 0.382 e. The summed E-state index contributed by atoms with van der Waals surface area (Å²) in [4.78, 5) is 0. The molecule has 0 saturated heterocycles. The van der Waals surface area contributed by atoms with Crippen molar-refractivity contribution in [2.45, 2.75) is 27.7 Å². The molecule has 33 heavy (non-hydrogen) atoms. The third-order valence-electron chi connectivity index (χ3n) is 2.80. The summed E-state index contributed by atoms with van der Waals surface area (Å²) in [5, 5.41) is 0. The minimum Gasteiger partial charge on any atom is -0.382 e. The van der Waals surface area contributed by atoms with Gasteiger partial charge in [0.2, 0.25) is 0 Å². The van der Waals surface area contributed by atoms with Crippen molar-refractivity contribution in [1.82, 2.24) is 0 Å². The first-order chi connectivity index (χ1) is 14.9. The predicted octanol–water partition coefficient (Wildman–Crippen LogP) is 6.45. The van der Waals surface area contributed by atoms with Crippen LogP contribution in [0.4, 0.5) is 43.9 Å². The quantitative estimate of drug-likeness (QED) is 0.146. The van der Waals surface area contributed by atoms with Gasteiger partial charge in [0.05, 0.1) is 58.2 Å². The zero-order valence-electron chi connectivity index (χ0n) is 17.7.